The largest absolute Gasteiger partial charge is 0.383 e. The molecular weight excluding hydrogens is 244 g/mol. The number of thiophene rings is 1. The van der Waals surface area contributed by atoms with Crippen LogP contribution in [0.5, 0.6) is 0 Å². The second-order valence-electron chi connectivity index (χ2n) is 4.99. The van der Waals surface area contributed by atoms with E-state index in [9.17, 15) is 0 Å². The lowest BCUT2D eigenvalue weighted by molar-refractivity contribution is -0.0180. The van der Waals surface area contributed by atoms with E-state index in [1.807, 2.05) is 0 Å². The topological polar surface area (TPSA) is 38.5 Å². The van der Waals surface area contributed by atoms with Crippen LogP contribution in [0.15, 0.2) is 17.5 Å². The highest BCUT2D eigenvalue weighted by molar-refractivity contribution is 7.09. The van der Waals surface area contributed by atoms with Crippen LogP contribution in [0.4, 0.5) is 0 Å². The Kier molecular flexibility index (Phi) is 6.29. The van der Waals surface area contributed by atoms with Crippen LogP contribution in [0.3, 0.4) is 0 Å². The normalized spacial score (nSPS) is 15.3. The molecule has 1 unspecified atom stereocenters. The Morgan fingerprint density at radius 2 is 2.22 bits per heavy atom. The fourth-order valence-corrected chi connectivity index (χ4v) is 3.19. The number of rotatable bonds is 8. The Balaban J connectivity index is 2.92. The van der Waals surface area contributed by atoms with Crippen molar-refractivity contribution in [2.75, 3.05) is 26.8 Å². The predicted octanol–water partition coefficient (Wildman–Crippen LogP) is 2.57. The summed E-state index contributed by atoms with van der Waals surface area (Å²) in [7, 11) is 1.76. The minimum Gasteiger partial charge on any atom is -0.383 e. The molecule has 4 heteroatoms. The predicted molar refractivity (Wildman–Crippen MR) is 78.9 cm³/mol. The molecule has 2 N–H and O–H groups in total. The van der Waals surface area contributed by atoms with E-state index in [2.05, 4.69) is 43.2 Å². The minimum atomic E-state index is -0.0759. The zero-order chi connectivity index (χ0) is 13.6. The van der Waals surface area contributed by atoms with Gasteiger partial charge >= 0.3 is 0 Å². The third-order valence-electron chi connectivity index (χ3n) is 3.76. The van der Waals surface area contributed by atoms with Crippen LogP contribution >= 0.6 is 11.3 Å². The number of likely N-dealkylation sites (N-methyl/N-ethyl adjacent to an activating group) is 1. The number of methoxy groups -OCH3 is 1. The average Bonchev–Trinajstić information content (AvgIpc) is 2.86. The Hall–Kier alpha value is -0.420. The first-order valence-electron chi connectivity index (χ1n) is 6.57. The van der Waals surface area contributed by atoms with Crippen molar-refractivity contribution in [2.24, 2.45) is 11.7 Å². The Morgan fingerprint density at radius 1 is 1.50 bits per heavy atom. The van der Waals surface area contributed by atoms with E-state index in [0.717, 1.165) is 13.1 Å². The van der Waals surface area contributed by atoms with E-state index in [-0.39, 0.29) is 5.54 Å². The zero-order valence-corrected chi connectivity index (χ0v) is 12.8. The molecule has 3 nitrogen and oxygen atoms in total. The van der Waals surface area contributed by atoms with Crippen LogP contribution in [-0.4, -0.2) is 37.2 Å². The fourth-order valence-electron chi connectivity index (χ4n) is 2.47. The molecule has 0 aliphatic heterocycles. The number of ether oxygens (including phenoxy) is 1. The fraction of sp³-hybridized carbons (Fsp3) is 0.714. The molecule has 0 aliphatic rings. The lowest BCUT2D eigenvalue weighted by Crippen LogP contribution is -2.59. The van der Waals surface area contributed by atoms with Gasteiger partial charge in [-0.3, -0.25) is 4.90 Å². The molecular formula is C14H26N2OS. The molecule has 1 aromatic heterocycles. The van der Waals surface area contributed by atoms with Gasteiger partial charge in [0.15, 0.2) is 0 Å². The van der Waals surface area contributed by atoms with Crippen molar-refractivity contribution in [3.63, 3.8) is 0 Å². The van der Waals surface area contributed by atoms with Gasteiger partial charge in [-0.2, -0.15) is 0 Å². The molecule has 18 heavy (non-hydrogen) atoms. The highest BCUT2D eigenvalue weighted by Crippen LogP contribution is 2.27. The first-order valence-corrected chi connectivity index (χ1v) is 7.45. The van der Waals surface area contributed by atoms with Gasteiger partial charge in [0, 0.05) is 25.1 Å². The van der Waals surface area contributed by atoms with Crippen LogP contribution in [-0.2, 0) is 11.3 Å². The van der Waals surface area contributed by atoms with Crippen molar-refractivity contribution in [1.29, 1.82) is 0 Å². The Bertz CT molecular complexity index is 327. The van der Waals surface area contributed by atoms with Gasteiger partial charge in [0.2, 0.25) is 0 Å². The molecule has 1 aromatic rings. The van der Waals surface area contributed by atoms with Crippen LogP contribution in [0.25, 0.3) is 0 Å². The maximum atomic E-state index is 6.08. The summed E-state index contributed by atoms with van der Waals surface area (Å²) < 4.78 is 5.44. The molecule has 0 spiro atoms. The lowest BCUT2D eigenvalue weighted by Gasteiger charge is -2.45. The summed E-state index contributed by atoms with van der Waals surface area (Å²) in [6, 6.07) is 4.28. The molecule has 0 amide bonds. The molecule has 0 fully saturated rings. The summed E-state index contributed by atoms with van der Waals surface area (Å²) in [5.74, 6) is 0.461. The standard InChI is InChI=1S/C14H26N2OS/c1-5-16(9-13-7-6-8-18-13)14(10-15,11-17-4)12(2)3/h6-8,12H,5,9-11,15H2,1-4H3. The molecule has 1 heterocycles. The maximum absolute atomic E-state index is 6.08. The lowest BCUT2D eigenvalue weighted by atomic mass is 9.85. The quantitative estimate of drug-likeness (QED) is 0.789. The number of nitrogens with zero attached hydrogens (tertiary/aromatic N) is 1. The molecule has 0 saturated heterocycles. The van der Waals surface area contributed by atoms with Gasteiger partial charge in [0.25, 0.3) is 0 Å². The van der Waals surface area contributed by atoms with Crippen LogP contribution in [0.2, 0.25) is 0 Å². The van der Waals surface area contributed by atoms with E-state index >= 15 is 0 Å². The van der Waals surface area contributed by atoms with Crippen molar-refractivity contribution in [3.8, 4) is 0 Å². The summed E-state index contributed by atoms with van der Waals surface area (Å²) in [6.45, 7) is 9.88. The van der Waals surface area contributed by atoms with E-state index < -0.39 is 0 Å². The van der Waals surface area contributed by atoms with E-state index in [4.69, 9.17) is 10.5 Å². The second-order valence-corrected chi connectivity index (χ2v) is 6.02. The van der Waals surface area contributed by atoms with Crippen molar-refractivity contribution in [1.82, 2.24) is 4.90 Å². The van der Waals surface area contributed by atoms with E-state index in [1.165, 1.54) is 4.88 Å². The van der Waals surface area contributed by atoms with Crippen LogP contribution in [0, 0.1) is 5.92 Å². The first-order chi connectivity index (χ1) is 8.60. The van der Waals surface area contributed by atoms with Crippen molar-refractivity contribution in [2.45, 2.75) is 32.9 Å². The van der Waals surface area contributed by atoms with Gasteiger partial charge < -0.3 is 10.5 Å². The van der Waals surface area contributed by atoms with Crippen molar-refractivity contribution < 1.29 is 4.74 Å². The van der Waals surface area contributed by atoms with Gasteiger partial charge in [0.1, 0.15) is 0 Å². The summed E-state index contributed by atoms with van der Waals surface area (Å²) in [5, 5.41) is 2.12. The average molecular weight is 270 g/mol. The summed E-state index contributed by atoms with van der Waals surface area (Å²) >= 11 is 1.80. The van der Waals surface area contributed by atoms with Gasteiger partial charge in [0.05, 0.1) is 12.1 Å². The van der Waals surface area contributed by atoms with Gasteiger partial charge in [-0.15, -0.1) is 11.3 Å². The smallest absolute Gasteiger partial charge is 0.0661 e. The van der Waals surface area contributed by atoms with Crippen molar-refractivity contribution >= 4 is 11.3 Å². The highest BCUT2D eigenvalue weighted by Gasteiger charge is 2.38. The summed E-state index contributed by atoms with van der Waals surface area (Å²) in [6.07, 6.45) is 0. The molecule has 1 atom stereocenters. The number of hydrogen-bond acceptors (Lipinski definition) is 4. The molecule has 0 bridgehead atoms. The molecule has 0 radical (unpaired) electrons. The molecule has 104 valence electrons. The second kappa shape index (κ2) is 7.24. The van der Waals surface area contributed by atoms with Crippen molar-refractivity contribution in [3.05, 3.63) is 22.4 Å². The highest BCUT2D eigenvalue weighted by atomic mass is 32.1. The number of nitrogens with two attached hydrogens (primary N) is 1. The van der Waals surface area contributed by atoms with E-state index in [1.54, 1.807) is 18.4 Å². The SMILES string of the molecule is CCN(Cc1cccs1)C(CN)(COC)C(C)C. The molecule has 0 aliphatic carbocycles. The zero-order valence-electron chi connectivity index (χ0n) is 12.0. The summed E-state index contributed by atoms with van der Waals surface area (Å²) in [4.78, 5) is 3.83. The van der Waals surface area contributed by atoms with E-state index in [0.29, 0.717) is 19.1 Å². The molecule has 0 saturated carbocycles. The van der Waals surface area contributed by atoms with Gasteiger partial charge in [-0.25, -0.2) is 0 Å². The van der Waals surface area contributed by atoms with Crippen LogP contribution < -0.4 is 5.73 Å². The Labute approximate surface area is 115 Å². The van der Waals surface area contributed by atoms with Gasteiger partial charge in [-0.05, 0) is 23.9 Å². The van der Waals surface area contributed by atoms with Gasteiger partial charge in [-0.1, -0.05) is 26.8 Å². The van der Waals surface area contributed by atoms with Crippen LogP contribution in [0.1, 0.15) is 25.6 Å². The molecule has 0 aromatic carbocycles. The minimum absolute atomic E-state index is 0.0759. The summed E-state index contributed by atoms with van der Waals surface area (Å²) in [5.41, 5.74) is 6.01. The third kappa shape index (κ3) is 3.32. The Morgan fingerprint density at radius 3 is 2.61 bits per heavy atom. The first kappa shape index (κ1) is 15.6. The monoisotopic (exact) mass is 270 g/mol. The molecule has 1 rings (SSSR count). The maximum Gasteiger partial charge on any atom is 0.0661 e. The third-order valence-corrected chi connectivity index (χ3v) is 4.62. The number of hydrogen-bond donors (Lipinski definition) is 1.